The van der Waals surface area contributed by atoms with Crippen LogP contribution in [0.5, 0.6) is 0 Å². The lowest BCUT2D eigenvalue weighted by Gasteiger charge is -2.26. The van der Waals surface area contributed by atoms with Crippen LogP contribution in [0.4, 0.5) is 0 Å². The standard InChI is InChI=1S/2C9H19N.C8H17NO.C8H17N.C7H8.C6H14N4.C5H12N4.C5H11N3.C5H6S.3C2H4/c2*1-2-3-7-10-8-5-4-6-9-10;1-2-3-4-9-5-7-10-8-6-9;1-2-3-6-9-7-4-5-8-9;1-7-5-3-2-4-6-7;1-7-10(3)6-8-4-5-9(6)2;1-6-9(2)5-7-3-4-8-5;1-6-4-5-7-2-3-8-5;1-5-3-2-4-6-5;3*1-2/h2*2-9H2,1H3;2-8H2,1H3;2-8H2,1H3;2-6H,1H3;7H,4-5H2,1-3H3;6H,3-4H2,1-2H3,(H,7,8);6H,2-4H2,1H3,(H,7,8);2-4H,1H3;3*1-2H2. The number of hydrogen-bond donors (Lipinski definition) is 5. The van der Waals surface area contributed by atoms with Gasteiger partial charge in [-0.05, 0) is 162 Å². The second-order valence-corrected chi connectivity index (χ2v) is 22.3. The molecule has 0 saturated carbocycles. The van der Waals surface area contributed by atoms with Crippen molar-refractivity contribution in [2.24, 2.45) is 15.0 Å². The number of nitrogens with one attached hydrogen (secondary N) is 5. The Kier molecular flexibility index (Phi) is 65.8. The van der Waals surface area contributed by atoms with Crippen LogP contribution in [0.25, 0.3) is 0 Å². The third kappa shape index (κ3) is 51.6. The number of aryl methyl sites for hydroxylation is 2. The average molecular weight is 1210 g/mol. The van der Waals surface area contributed by atoms with Crippen LogP contribution in [0, 0.1) is 13.8 Å². The summed E-state index contributed by atoms with van der Waals surface area (Å²) >= 11 is 1.78. The van der Waals surface area contributed by atoms with Crippen molar-refractivity contribution >= 4 is 29.1 Å². The minimum absolute atomic E-state index is 0.875. The number of aliphatic imine (C=N–C) groups is 3. The molecule has 0 aliphatic carbocycles. The molecule has 4 saturated heterocycles. The van der Waals surface area contributed by atoms with E-state index in [-0.39, 0.29) is 0 Å². The van der Waals surface area contributed by atoms with Gasteiger partial charge in [-0.15, -0.1) is 50.8 Å². The summed E-state index contributed by atoms with van der Waals surface area (Å²) in [5.74, 6) is 3.03. The van der Waals surface area contributed by atoms with Crippen molar-refractivity contribution < 1.29 is 4.74 Å². The van der Waals surface area contributed by atoms with Gasteiger partial charge in [0.1, 0.15) is 5.84 Å². The maximum atomic E-state index is 5.24. The maximum Gasteiger partial charge on any atom is 0.210 e. The minimum Gasteiger partial charge on any atom is -0.379 e. The van der Waals surface area contributed by atoms with E-state index in [4.69, 9.17) is 4.74 Å². The van der Waals surface area contributed by atoms with E-state index in [2.05, 4.69) is 177 Å². The van der Waals surface area contributed by atoms with Crippen LogP contribution in [-0.2, 0) is 4.74 Å². The van der Waals surface area contributed by atoms with Gasteiger partial charge in [-0.25, -0.2) is 10.9 Å². The van der Waals surface area contributed by atoms with E-state index in [9.17, 15) is 0 Å². The number of piperidine rings is 2. The van der Waals surface area contributed by atoms with Gasteiger partial charge in [0.25, 0.3) is 0 Å². The molecule has 0 radical (unpaired) electrons. The summed E-state index contributed by atoms with van der Waals surface area (Å²) < 4.78 is 5.24. The van der Waals surface area contributed by atoms with Gasteiger partial charge in [-0.3, -0.25) is 29.9 Å². The third-order valence-electron chi connectivity index (χ3n) is 14.2. The van der Waals surface area contributed by atoms with Gasteiger partial charge in [0.05, 0.1) is 39.4 Å². The Morgan fingerprint density at radius 3 is 1.27 bits per heavy atom. The number of likely N-dealkylation sites (N-methyl/N-ethyl adjacent to an activating group) is 2. The summed E-state index contributed by atoms with van der Waals surface area (Å²) in [5.41, 5.74) is 7.27. The number of nitrogens with zero attached hydrogens (tertiary/aromatic N) is 10. The Hall–Kier alpha value is -4.17. The molecule has 0 spiro atoms. The molecule has 8 heterocycles. The number of hydrogen-bond acceptors (Lipinski definition) is 17. The zero-order chi connectivity index (χ0) is 63.8. The van der Waals surface area contributed by atoms with Crippen LogP contribution < -0.4 is 26.8 Å². The van der Waals surface area contributed by atoms with Gasteiger partial charge in [0.15, 0.2) is 0 Å². The molecular formula is C68H135N15OS. The van der Waals surface area contributed by atoms with Crippen LogP contribution in [0.2, 0.25) is 0 Å². The van der Waals surface area contributed by atoms with Crippen molar-refractivity contribution in [1.29, 1.82) is 0 Å². The van der Waals surface area contributed by atoms with Crippen LogP contribution in [0.3, 0.4) is 0 Å². The Morgan fingerprint density at radius 1 is 0.529 bits per heavy atom. The molecule has 494 valence electrons. The number of ether oxygens (including phenoxy) is 1. The quantitative estimate of drug-likeness (QED) is 0.0809. The first-order valence-electron chi connectivity index (χ1n) is 32.8. The second kappa shape index (κ2) is 65.8. The lowest BCUT2D eigenvalue weighted by molar-refractivity contribution is 0.0373. The minimum atomic E-state index is 0.875. The molecule has 5 N–H and O–H groups in total. The Bertz CT molecular complexity index is 1670. The molecule has 1 aromatic heterocycles. The van der Waals surface area contributed by atoms with E-state index in [1.807, 2.05) is 70.5 Å². The summed E-state index contributed by atoms with van der Waals surface area (Å²) in [6.45, 7) is 55.4. The lowest BCUT2D eigenvalue weighted by Crippen LogP contribution is -2.43. The topological polar surface area (TPSA) is 129 Å². The summed E-state index contributed by atoms with van der Waals surface area (Å²) in [5, 5.41) is 15.1. The van der Waals surface area contributed by atoms with E-state index in [1.165, 1.54) is 179 Å². The summed E-state index contributed by atoms with van der Waals surface area (Å²) in [7, 11) is 11.6. The molecule has 85 heavy (non-hydrogen) atoms. The second-order valence-electron chi connectivity index (χ2n) is 21.2. The molecule has 0 unspecified atom stereocenters. The fraction of sp³-hybridized carbons (Fsp3) is 0.721. The summed E-state index contributed by atoms with van der Waals surface area (Å²) in [6.07, 6.45) is 22.4. The fourth-order valence-electron chi connectivity index (χ4n) is 9.05. The first kappa shape index (κ1) is 85.0. The summed E-state index contributed by atoms with van der Waals surface area (Å²) in [4.78, 5) is 26.4. The first-order chi connectivity index (χ1) is 41.5. The zero-order valence-electron chi connectivity index (χ0n) is 57.3. The van der Waals surface area contributed by atoms with E-state index < -0.39 is 0 Å². The van der Waals surface area contributed by atoms with Gasteiger partial charge in [0, 0.05) is 72.8 Å². The number of thiophene rings is 1. The molecule has 2 aromatic rings. The van der Waals surface area contributed by atoms with Crippen LogP contribution in [-0.4, -0.2) is 232 Å². The largest absolute Gasteiger partial charge is 0.379 e. The molecule has 0 bridgehead atoms. The number of guanidine groups is 2. The van der Waals surface area contributed by atoms with Crippen molar-refractivity contribution in [3.05, 3.63) is 97.8 Å². The number of morpholine rings is 1. The number of amidine groups is 1. The first-order valence-corrected chi connectivity index (χ1v) is 33.7. The van der Waals surface area contributed by atoms with E-state index >= 15 is 0 Å². The van der Waals surface area contributed by atoms with E-state index in [0.717, 1.165) is 89.9 Å². The predicted molar refractivity (Wildman–Crippen MR) is 380 cm³/mol. The normalized spacial score (nSPS) is 16.8. The fourth-order valence-corrected chi connectivity index (χ4v) is 9.58. The van der Waals surface area contributed by atoms with Gasteiger partial charge < -0.3 is 40.3 Å². The Balaban J connectivity index is -0.000000882. The molecule has 0 amide bonds. The average Bonchev–Trinajstić information content (AvgIpc) is 4.56. The molecule has 4 fully saturated rings. The van der Waals surface area contributed by atoms with Gasteiger partial charge >= 0.3 is 0 Å². The molecule has 1 aromatic carbocycles. The van der Waals surface area contributed by atoms with Crippen LogP contribution in [0.15, 0.2) is 102 Å². The SMILES string of the molecule is C=C.C=C.C=C.CCCCN1CCCC1.CCCCN1CCCCC1.CCCCN1CCCCC1.CCCCN1CCOCC1.CNCC1=NCCN1.CNN(C)C1=NCCN1.CNN(C)C1=NCCN1C.Cc1ccccc1.Cc1cccs1. The van der Waals surface area contributed by atoms with Crippen molar-refractivity contribution in [2.45, 2.75) is 144 Å². The van der Waals surface area contributed by atoms with E-state index in [0.29, 0.717) is 0 Å². The van der Waals surface area contributed by atoms with E-state index in [1.54, 1.807) is 11.3 Å². The maximum absolute atomic E-state index is 5.24. The molecular weight excluding hydrogens is 1070 g/mol. The predicted octanol–water partition coefficient (Wildman–Crippen LogP) is 11.6. The number of benzene rings is 1. The van der Waals surface area contributed by atoms with Gasteiger partial charge in [-0.2, -0.15) is 0 Å². The van der Waals surface area contributed by atoms with Crippen molar-refractivity contribution in [3.63, 3.8) is 0 Å². The monoisotopic (exact) mass is 1210 g/mol. The highest BCUT2D eigenvalue weighted by molar-refractivity contribution is 7.09. The van der Waals surface area contributed by atoms with Crippen molar-refractivity contribution in [1.82, 2.24) is 61.3 Å². The Morgan fingerprint density at radius 2 is 0.965 bits per heavy atom. The van der Waals surface area contributed by atoms with Crippen molar-refractivity contribution in [2.75, 3.05) is 180 Å². The summed E-state index contributed by atoms with van der Waals surface area (Å²) in [6, 6.07) is 14.4. The van der Waals surface area contributed by atoms with Gasteiger partial charge in [0.2, 0.25) is 11.9 Å². The zero-order valence-corrected chi connectivity index (χ0v) is 58.1. The molecule has 16 nitrogen and oxygen atoms in total. The number of hydrazine groups is 2. The third-order valence-corrected chi connectivity index (χ3v) is 15.0. The smallest absolute Gasteiger partial charge is 0.210 e. The molecule has 7 aliphatic rings. The highest BCUT2D eigenvalue weighted by Crippen LogP contribution is 2.11. The lowest BCUT2D eigenvalue weighted by atomic mass is 10.1. The number of unbranched alkanes of at least 4 members (excludes halogenated alkanes) is 4. The molecule has 17 heteroatoms. The molecule has 9 rings (SSSR count). The van der Waals surface area contributed by atoms with Gasteiger partial charge in [-0.1, -0.05) is 108 Å². The number of rotatable bonds is 16. The highest BCUT2D eigenvalue weighted by atomic mass is 32.1. The van der Waals surface area contributed by atoms with Crippen LogP contribution in [0.1, 0.15) is 141 Å². The number of likely N-dealkylation sites (tertiary alicyclic amines) is 3. The van der Waals surface area contributed by atoms with Crippen LogP contribution >= 0.6 is 11.3 Å². The Labute approximate surface area is 529 Å². The van der Waals surface area contributed by atoms with Crippen molar-refractivity contribution in [3.8, 4) is 0 Å². The molecule has 7 aliphatic heterocycles. The highest BCUT2D eigenvalue weighted by Gasteiger charge is 2.15. The molecule has 0 atom stereocenters.